The number of hydrogen-bond acceptors (Lipinski definition) is 3. The van der Waals surface area contributed by atoms with Crippen LogP contribution < -0.4 is 10.2 Å². The smallest absolute Gasteiger partial charge is 0.146 e. The second kappa shape index (κ2) is 8.35. The van der Waals surface area contributed by atoms with Crippen molar-refractivity contribution in [2.45, 2.75) is 45.2 Å². The first-order chi connectivity index (χ1) is 10.3. The molecule has 1 N–H and O–H groups in total. The molecular weight excluding hydrogens is 267 g/mol. The topological polar surface area (TPSA) is 24.5 Å². The first-order valence-corrected chi connectivity index (χ1v) is 8.01. The molecule has 0 heterocycles. The van der Waals surface area contributed by atoms with Gasteiger partial charge in [-0.15, -0.1) is 0 Å². The average molecular weight is 294 g/mol. The lowest BCUT2D eigenvalue weighted by Crippen LogP contribution is -2.30. The summed E-state index contributed by atoms with van der Waals surface area (Å²) in [5, 5.41) is 3.32. The number of unbranched alkanes of at least 4 members (excludes halogenated alkanes) is 1. The SMILES string of the molecule is CCCCN(c1c(F)cccc1CNCCOC)C1CC1. The second-order valence-corrected chi connectivity index (χ2v) is 5.70. The van der Waals surface area contributed by atoms with Crippen molar-refractivity contribution < 1.29 is 9.13 Å². The van der Waals surface area contributed by atoms with E-state index < -0.39 is 0 Å². The molecule has 21 heavy (non-hydrogen) atoms. The summed E-state index contributed by atoms with van der Waals surface area (Å²) in [6.45, 7) is 5.27. The predicted octanol–water partition coefficient (Wildman–Crippen LogP) is 3.33. The fourth-order valence-electron chi connectivity index (χ4n) is 2.61. The van der Waals surface area contributed by atoms with E-state index in [4.69, 9.17) is 4.74 Å². The van der Waals surface area contributed by atoms with Crippen LogP contribution in [-0.2, 0) is 11.3 Å². The molecule has 1 aliphatic rings. The lowest BCUT2D eigenvalue weighted by atomic mass is 10.1. The standard InChI is InChI=1S/C17H27FN2O/c1-3-4-11-20(15-8-9-15)17-14(6-5-7-16(17)18)13-19-10-12-21-2/h5-7,15,19H,3-4,8-13H2,1-2H3. The fourth-order valence-corrected chi connectivity index (χ4v) is 2.61. The van der Waals surface area contributed by atoms with Crippen molar-refractivity contribution in [1.29, 1.82) is 0 Å². The molecular formula is C17H27FN2O. The molecule has 118 valence electrons. The Kier molecular flexibility index (Phi) is 6.46. The van der Waals surface area contributed by atoms with E-state index >= 15 is 0 Å². The van der Waals surface area contributed by atoms with Gasteiger partial charge in [-0.2, -0.15) is 0 Å². The van der Waals surface area contributed by atoms with Gasteiger partial charge in [0.05, 0.1) is 12.3 Å². The third-order valence-electron chi connectivity index (χ3n) is 3.90. The molecule has 1 saturated carbocycles. The third kappa shape index (κ3) is 4.68. The van der Waals surface area contributed by atoms with Gasteiger partial charge in [-0.1, -0.05) is 25.5 Å². The van der Waals surface area contributed by atoms with Crippen LogP contribution >= 0.6 is 0 Å². The lowest BCUT2D eigenvalue weighted by molar-refractivity contribution is 0.199. The van der Waals surface area contributed by atoms with Crippen molar-refractivity contribution in [3.63, 3.8) is 0 Å². The van der Waals surface area contributed by atoms with Gasteiger partial charge in [0.2, 0.25) is 0 Å². The number of para-hydroxylation sites is 1. The highest BCUT2D eigenvalue weighted by atomic mass is 19.1. The van der Waals surface area contributed by atoms with Crippen molar-refractivity contribution in [3.05, 3.63) is 29.6 Å². The van der Waals surface area contributed by atoms with Crippen LogP contribution in [0.15, 0.2) is 18.2 Å². The molecule has 3 nitrogen and oxygen atoms in total. The molecule has 0 bridgehead atoms. The maximum atomic E-state index is 14.4. The van der Waals surface area contributed by atoms with Crippen molar-refractivity contribution in [2.24, 2.45) is 0 Å². The molecule has 1 aliphatic carbocycles. The second-order valence-electron chi connectivity index (χ2n) is 5.70. The van der Waals surface area contributed by atoms with E-state index in [0.29, 0.717) is 19.2 Å². The van der Waals surface area contributed by atoms with Crippen molar-refractivity contribution >= 4 is 5.69 Å². The zero-order valence-electron chi connectivity index (χ0n) is 13.2. The molecule has 0 radical (unpaired) electrons. The molecule has 0 unspecified atom stereocenters. The predicted molar refractivity (Wildman–Crippen MR) is 85.3 cm³/mol. The Balaban J connectivity index is 2.10. The number of benzene rings is 1. The largest absolute Gasteiger partial charge is 0.383 e. The van der Waals surface area contributed by atoms with Gasteiger partial charge >= 0.3 is 0 Å². The number of anilines is 1. The van der Waals surface area contributed by atoms with Crippen LogP contribution in [0.25, 0.3) is 0 Å². The summed E-state index contributed by atoms with van der Waals surface area (Å²) in [6.07, 6.45) is 4.63. The van der Waals surface area contributed by atoms with Gasteiger partial charge in [-0.25, -0.2) is 4.39 Å². The molecule has 0 atom stereocenters. The number of halogens is 1. The molecule has 0 aromatic heterocycles. The van der Waals surface area contributed by atoms with E-state index in [1.807, 2.05) is 6.07 Å². The molecule has 0 saturated heterocycles. The normalized spacial score (nSPS) is 14.4. The zero-order chi connectivity index (χ0) is 15.1. The first-order valence-electron chi connectivity index (χ1n) is 8.01. The minimum atomic E-state index is -0.0935. The molecule has 4 heteroatoms. The molecule has 1 aromatic rings. The highest BCUT2D eigenvalue weighted by Gasteiger charge is 2.31. The Morgan fingerprint density at radius 1 is 1.38 bits per heavy atom. The summed E-state index contributed by atoms with van der Waals surface area (Å²) in [5.74, 6) is -0.0935. The quantitative estimate of drug-likeness (QED) is 0.670. The van der Waals surface area contributed by atoms with Crippen molar-refractivity contribution in [1.82, 2.24) is 5.32 Å². The van der Waals surface area contributed by atoms with Crippen LogP contribution in [0.2, 0.25) is 0 Å². The minimum Gasteiger partial charge on any atom is -0.383 e. The number of nitrogens with one attached hydrogen (secondary N) is 1. The van der Waals surface area contributed by atoms with Gasteiger partial charge in [0.25, 0.3) is 0 Å². The highest BCUT2D eigenvalue weighted by molar-refractivity contribution is 5.56. The molecule has 2 rings (SSSR count). The van der Waals surface area contributed by atoms with Crippen LogP contribution in [0.5, 0.6) is 0 Å². The van der Waals surface area contributed by atoms with Crippen molar-refractivity contribution in [2.75, 3.05) is 31.7 Å². The molecule has 0 amide bonds. The van der Waals surface area contributed by atoms with Gasteiger partial charge in [0, 0.05) is 32.8 Å². The summed E-state index contributed by atoms with van der Waals surface area (Å²) < 4.78 is 19.4. The van der Waals surface area contributed by atoms with E-state index in [-0.39, 0.29) is 5.82 Å². The molecule has 0 aliphatic heterocycles. The van der Waals surface area contributed by atoms with E-state index in [0.717, 1.165) is 37.2 Å². The van der Waals surface area contributed by atoms with Crippen LogP contribution in [0.4, 0.5) is 10.1 Å². The summed E-state index contributed by atoms with van der Waals surface area (Å²) in [4.78, 5) is 2.28. The van der Waals surface area contributed by atoms with Gasteiger partial charge in [-0.3, -0.25) is 0 Å². The fraction of sp³-hybridized carbons (Fsp3) is 0.647. The number of ether oxygens (including phenoxy) is 1. The molecule has 1 aromatic carbocycles. The maximum absolute atomic E-state index is 14.4. The Morgan fingerprint density at radius 2 is 2.19 bits per heavy atom. The summed E-state index contributed by atoms with van der Waals surface area (Å²) in [5.41, 5.74) is 1.85. The summed E-state index contributed by atoms with van der Waals surface area (Å²) in [7, 11) is 1.69. The van der Waals surface area contributed by atoms with Gasteiger partial charge in [-0.05, 0) is 30.9 Å². The van der Waals surface area contributed by atoms with Crippen molar-refractivity contribution in [3.8, 4) is 0 Å². The number of nitrogens with zero attached hydrogens (tertiary/aromatic N) is 1. The summed E-state index contributed by atoms with van der Waals surface area (Å²) in [6, 6.07) is 5.94. The van der Waals surface area contributed by atoms with Crippen LogP contribution in [0.3, 0.4) is 0 Å². The Bertz CT molecular complexity index is 435. The van der Waals surface area contributed by atoms with E-state index in [9.17, 15) is 4.39 Å². The van der Waals surface area contributed by atoms with Gasteiger partial charge < -0.3 is 15.0 Å². The molecule has 1 fully saturated rings. The molecule has 0 spiro atoms. The van der Waals surface area contributed by atoms with Crippen LogP contribution in [0.1, 0.15) is 38.2 Å². The lowest BCUT2D eigenvalue weighted by Gasteiger charge is -2.27. The minimum absolute atomic E-state index is 0.0935. The Hall–Kier alpha value is -1.13. The first kappa shape index (κ1) is 16.2. The van der Waals surface area contributed by atoms with Gasteiger partial charge in [0.15, 0.2) is 0 Å². The summed E-state index contributed by atoms with van der Waals surface area (Å²) >= 11 is 0. The Labute approximate surface area is 127 Å². The zero-order valence-corrected chi connectivity index (χ0v) is 13.2. The third-order valence-corrected chi connectivity index (χ3v) is 3.90. The van der Waals surface area contributed by atoms with Crippen LogP contribution in [0, 0.1) is 5.82 Å². The monoisotopic (exact) mass is 294 g/mol. The number of hydrogen-bond donors (Lipinski definition) is 1. The highest BCUT2D eigenvalue weighted by Crippen LogP contribution is 2.35. The Morgan fingerprint density at radius 3 is 2.86 bits per heavy atom. The number of rotatable bonds is 10. The van der Waals surface area contributed by atoms with E-state index in [2.05, 4.69) is 17.1 Å². The van der Waals surface area contributed by atoms with E-state index in [1.165, 1.54) is 12.8 Å². The maximum Gasteiger partial charge on any atom is 0.146 e. The van der Waals surface area contributed by atoms with Crippen LogP contribution in [-0.4, -0.2) is 32.8 Å². The number of methoxy groups -OCH3 is 1. The van der Waals surface area contributed by atoms with E-state index in [1.54, 1.807) is 19.2 Å². The average Bonchev–Trinajstić information content (AvgIpc) is 3.31. The van der Waals surface area contributed by atoms with Gasteiger partial charge in [0.1, 0.15) is 5.82 Å².